The smallest absolute Gasteiger partial charge is 0.336 e. The van der Waals surface area contributed by atoms with E-state index in [-0.39, 0.29) is 11.7 Å². The van der Waals surface area contributed by atoms with Crippen molar-refractivity contribution in [2.45, 2.75) is 26.6 Å². The van der Waals surface area contributed by atoms with Gasteiger partial charge in [-0.15, -0.1) is 11.3 Å². The maximum absolute atomic E-state index is 11.3. The lowest BCUT2D eigenvalue weighted by Crippen LogP contribution is -2.01. The summed E-state index contributed by atoms with van der Waals surface area (Å²) < 4.78 is 16.4. The van der Waals surface area contributed by atoms with Gasteiger partial charge in [0.1, 0.15) is 29.1 Å². The van der Waals surface area contributed by atoms with Crippen LogP contribution in [0.2, 0.25) is 0 Å². The zero-order chi connectivity index (χ0) is 16.2. The predicted octanol–water partition coefficient (Wildman–Crippen LogP) is 3.93. The number of nitrogens with zero attached hydrogens (tertiary/aromatic N) is 1. The van der Waals surface area contributed by atoms with E-state index in [9.17, 15) is 4.79 Å². The van der Waals surface area contributed by atoms with Crippen molar-refractivity contribution < 1.29 is 13.9 Å². The molecule has 0 amide bonds. The normalized spacial score (nSPS) is 12.4. The minimum absolute atomic E-state index is 0.00584. The summed E-state index contributed by atoms with van der Waals surface area (Å²) >= 11 is 1.56. The first kappa shape index (κ1) is 15.7. The molecule has 3 aromatic rings. The number of thiazole rings is 1. The van der Waals surface area contributed by atoms with Gasteiger partial charge >= 0.3 is 5.63 Å². The molecule has 23 heavy (non-hydrogen) atoms. The first-order chi connectivity index (χ1) is 11.2. The van der Waals surface area contributed by atoms with E-state index in [4.69, 9.17) is 13.9 Å². The lowest BCUT2D eigenvalue weighted by atomic mass is 10.2. The monoisotopic (exact) mass is 331 g/mol. The summed E-state index contributed by atoms with van der Waals surface area (Å²) in [6, 6.07) is 8.55. The second kappa shape index (κ2) is 6.93. The first-order valence-corrected chi connectivity index (χ1v) is 8.26. The molecule has 120 valence electrons. The van der Waals surface area contributed by atoms with Crippen molar-refractivity contribution in [3.63, 3.8) is 0 Å². The Balaban J connectivity index is 1.69. The number of hydrogen-bond donors (Lipinski definition) is 0. The van der Waals surface area contributed by atoms with E-state index in [1.54, 1.807) is 23.5 Å². The van der Waals surface area contributed by atoms with Gasteiger partial charge < -0.3 is 13.9 Å². The molecule has 0 bridgehead atoms. The summed E-state index contributed by atoms with van der Waals surface area (Å²) in [4.78, 5) is 15.8. The summed E-state index contributed by atoms with van der Waals surface area (Å²) in [6.45, 7) is 4.97. The quantitative estimate of drug-likeness (QED) is 0.641. The van der Waals surface area contributed by atoms with Crippen LogP contribution in [0.1, 0.15) is 30.7 Å². The molecule has 0 unspecified atom stereocenters. The van der Waals surface area contributed by atoms with E-state index < -0.39 is 0 Å². The highest BCUT2D eigenvalue weighted by Gasteiger charge is 2.10. The molecule has 0 radical (unpaired) electrons. The molecule has 0 aliphatic carbocycles. The maximum atomic E-state index is 11.3. The van der Waals surface area contributed by atoms with Gasteiger partial charge in [-0.25, -0.2) is 9.78 Å². The minimum atomic E-state index is -0.372. The number of benzene rings is 1. The second-order valence-electron chi connectivity index (χ2n) is 5.02. The molecular weight excluding hydrogens is 314 g/mol. The van der Waals surface area contributed by atoms with Crippen molar-refractivity contribution >= 4 is 22.3 Å². The molecule has 2 heterocycles. The van der Waals surface area contributed by atoms with Crippen LogP contribution in [0, 0.1) is 0 Å². The predicted molar refractivity (Wildman–Crippen MR) is 89.0 cm³/mol. The molecule has 0 fully saturated rings. The fourth-order valence-corrected chi connectivity index (χ4v) is 2.99. The number of hydrogen-bond acceptors (Lipinski definition) is 6. The third kappa shape index (κ3) is 3.78. The van der Waals surface area contributed by atoms with Crippen molar-refractivity contribution in [2.75, 3.05) is 6.61 Å². The lowest BCUT2D eigenvalue weighted by Gasteiger charge is -2.07. The van der Waals surface area contributed by atoms with Gasteiger partial charge in [0.2, 0.25) is 0 Å². The van der Waals surface area contributed by atoms with Gasteiger partial charge in [-0.2, -0.15) is 0 Å². The van der Waals surface area contributed by atoms with Crippen LogP contribution in [0.5, 0.6) is 5.75 Å². The Morgan fingerprint density at radius 1 is 1.30 bits per heavy atom. The fourth-order valence-electron chi connectivity index (χ4n) is 2.18. The van der Waals surface area contributed by atoms with E-state index in [2.05, 4.69) is 4.98 Å². The summed E-state index contributed by atoms with van der Waals surface area (Å²) in [5, 5.41) is 3.76. The fraction of sp³-hybridized carbons (Fsp3) is 0.294. The summed E-state index contributed by atoms with van der Waals surface area (Å²) in [6.07, 6.45) is -0.00584. The summed E-state index contributed by atoms with van der Waals surface area (Å²) in [7, 11) is 0. The zero-order valence-corrected chi connectivity index (χ0v) is 13.8. The Morgan fingerprint density at radius 2 is 2.13 bits per heavy atom. The largest absolute Gasteiger partial charge is 0.487 e. The lowest BCUT2D eigenvalue weighted by molar-refractivity contribution is 0.0760. The number of aromatic nitrogens is 1. The molecule has 1 atom stereocenters. The van der Waals surface area contributed by atoms with Gasteiger partial charge in [-0.3, -0.25) is 0 Å². The molecule has 0 N–H and O–H groups in total. The minimum Gasteiger partial charge on any atom is -0.487 e. The molecule has 3 rings (SSSR count). The second-order valence-corrected chi connectivity index (χ2v) is 5.91. The van der Waals surface area contributed by atoms with Crippen molar-refractivity contribution in [1.82, 2.24) is 4.98 Å². The van der Waals surface area contributed by atoms with Gasteiger partial charge in [0.25, 0.3) is 0 Å². The Morgan fingerprint density at radius 3 is 2.96 bits per heavy atom. The van der Waals surface area contributed by atoms with E-state index in [0.29, 0.717) is 24.5 Å². The van der Waals surface area contributed by atoms with Crippen LogP contribution in [0.4, 0.5) is 0 Å². The molecule has 5 nitrogen and oxygen atoms in total. The number of fused-ring (bicyclic) bond motifs is 1. The Labute approximate surface area is 137 Å². The van der Waals surface area contributed by atoms with Crippen molar-refractivity contribution in [3.05, 3.63) is 56.8 Å². The molecule has 0 aliphatic rings. The van der Waals surface area contributed by atoms with Crippen LogP contribution < -0.4 is 10.4 Å². The van der Waals surface area contributed by atoms with Gasteiger partial charge in [-0.1, -0.05) is 0 Å². The molecule has 0 aliphatic heterocycles. The SMILES string of the molecule is CCO[C@@H](C)c1nc(COc2ccc3ccc(=O)oc3c2)cs1. The third-order valence-electron chi connectivity index (χ3n) is 3.32. The van der Waals surface area contributed by atoms with Crippen LogP contribution in [0.25, 0.3) is 11.0 Å². The molecule has 6 heteroatoms. The van der Waals surface area contributed by atoms with Crippen LogP contribution in [-0.4, -0.2) is 11.6 Å². The maximum Gasteiger partial charge on any atom is 0.336 e. The number of ether oxygens (including phenoxy) is 2. The highest BCUT2D eigenvalue weighted by molar-refractivity contribution is 7.09. The Hall–Kier alpha value is -2.18. The molecule has 0 spiro atoms. The van der Waals surface area contributed by atoms with Gasteiger partial charge in [0.15, 0.2) is 0 Å². The van der Waals surface area contributed by atoms with Gasteiger partial charge in [0.05, 0.1) is 5.69 Å². The van der Waals surface area contributed by atoms with E-state index >= 15 is 0 Å². The van der Waals surface area contributed by atoms with Crippen molar-refractivity contribution in [1.29, 1.82) is 0 Å². The van der Waals surface area contributed by atoms with Gasteiger partial charge in [-0.05, 0) is 32.0 Å². The first-order valence-electron chi connectivity index (χ1n) is 7.38. The standard InChI is InChI=1S/C17H17NO4S/c1-3-20-11(2)17-18-13(10-23-17)9-21-14-6-4-12-5-7-16(19)22-15(12)8-14/h4-8,10-11H,3,9H2,1-2H3/t11-/m0/s1. The third-order valence-corrected chi connectivity index (χ3v) is 4.37. The average molecular weight is 331 g/mol. The number of rotatable bonds is 6. The van der Waals surface area contributed by atoms with E-state index in [1.165, 1.54) is 6.07 Å². The molecular formula is C17H17NO4S. The highest BCUT2D eigenvalue weighted by Crippen LogP contribution is 2.23. The Kier molecular flexibility index (Phi) is 4.73. The van der Waals surface area contributed by atoms with Crippen molar-refractivity contribution in [3.8, 4) is 5.75 Å². The topological polar surface area (TPSA) is 61.6 Å². The van der Waals surface area contributed by atoms with Crippen LogP contribution in [0.15, 0.2) is 44.9 Å². The average Bonchev–Trinajstić information content (AvgIpc) is 3.02. The highest BCUT2D eigenvalue weighted by atomic mass is 32.1. The van der Waals surface area contributed by atoms with Crippen molar-refractivity contribution in [2.24, 2.45) is 0 Å². The molecule has 0 saturated carbocycles. The van der Waals surface area contributed by atoms with Crippen LogP contribution >= 0.6 is 11.3 Å². The summed E-state index contributed by atoms with van der Waals surface area (Å²) in [5.74, 6) is 0.638. The van der Waals surface area contributed by atoms with E-state index in [0.717, 1.165) is 16.1 Å². The molecule has 1 aromatic carbocycles. The zero-order valence-electron chi connectivity index (χ0n) is 12.9. The molecule has 0 saturated heterocycles. The van der Waals surface area contributed by atoms with Crippen LogP contribution in [-0.2, 0) is 11.3 Å². The van der Waals surface area contributed by atoms with Crippen LogP contribution in [0.3, 0.4) is 0 Å². The molecule has 2 aromatic heterocycles. The Bertz CT molecular complexity index is 855. The van der Waals surface area contributed by atoms with Gasteiger partial charge in [0, 0.05) is 29.5 Å². The summed E-state index contributed by atoms with van der Waals surface area (Å²) in [5.41, 5.74) is 0.994. The van der Waals surface area contributed by atoms with E-state index in [1.807, 2.05) is 31.4 Å².